The molecule has 0 aliphatic rings. The van der Waals surface area contributed by atoms with Crippen LogP contribution in [0.5, 0.6) is 0 Å². The number of benzene rings is 1. The first-order valence-electron chi connectivity index (χ1n) is 5.39. The molecule has 7 heteroatoms. The number of nitrogens with two attached hydrogens (primary N) is 1. The first-order valence-corrected chi connectivity index (χ1v) is 6.20. The molecule has 2 heterocycles. The van der Waals surface area contributed by atoms with E-state index in [1.807, 2.05) is 6.92 Å². The van der Waals surface area contributed by atoms with E-state index in [1.165, 1.54) is 23.5 Å². The molecule has 92 valence electrons. The third-order valence-corrected chi connectivity index (χ3v) is 3.58. The first kappa shape index (κ1) is 11.2. The highest BCUT2D eigenvalue weighted by Crippen LogP contribution is 2.24. The Kier molecular flexibility index (Phi) is 2.57. The largest absolute Gasteiger partial charge is 0.322 e. The molecule has 0 saturated carbocycles. The van der Waals surface area contributed by atoms with Gasteiger partial charge in [0.1, 0.15) is 10.8 Å². The van der Waals surface area contributed by atoms with E-state index < -0.39 is 0 Å². The Bertz CT molecular complexity index is 702. The number of nitrogens with zero attached hydrogens (tertiary/aromatic N) is 4. The van der Waals surface area contributed by atoms with Crippen molar-refractivity contribution in [3.05, 3.63) is 35.1 Å². The van der Waals surface area contributed by atoms with Gasteiger partial charge in [0.25, 0.3) is 0 Å². The molecule has 1 aromatic carbocycles. The van der Waals surface area contributed by atoms with Crippen molar-refractivity contribution in [2.75, 3.05) is 0 Å². The standard InChI is InChI=1S/C11H10FN5S/c1-6(13)10-16-17-9(14-15-11(17)18-10)7-3-2-4-8(12)5-7/h2-6H,13H2,1H3. The van der Waals surface area contributed by atoms with E-state index >= 15 is 0 Å². The monoisotopic (exact) mass is 263 g/mol. The number of hydrogen-bond donors (Lipinski definition) is 1. The van der Waals surface area contributed by atoms with Crippen molar-refractivity contribution in [2.45, 2.75) is 13.0 Å². The molecule has 1 unspecified atom stereocenters. The van der Waals surface area contributed by atoms with E-state index in [0.29, 0.717) is 16.3 Å². The summed E-state index contributed by atoms with van der Waals surface area (Å²) in [6.45, 7) is 1.85. The van der Waals surface area contributed by atoms with Crippen LogP contribution in [0.1, 0.15) is 18.0 Å². The van der Waals surface area contributed by atoms with Gasteiger partial charge in [-0.2, -0.15) is 9.61 Å². The van der Waals surface area contributed by atoms with Crippen LogP contribution < -0.4 is 5.73 Å². The average molecular weight is 263 g/mol. The number of rotatable bonds is 2. The minimum Gasteiger partial charge on any atom is -0.322 e. The van der Waals surface area contributed by atoms with Gasteiger partial charge >= 0.3 is 0 Å². The van der Waals surface area contributed by atoms with E-state index in [1.54, 1.807) is 16.6 Å². The molecule has 0 saturated heterocycles. The summed E-state index contributed by atoms with van der Waals surface area (Å²) in [6, 6.07) is 6.03. The summed E-state index contributed by atoms with van der Waals surface area (Å²) >= 11 is 1.38. The second-order valence-corrected chi connectivity index (χ2v) is 4.94. The highest BCUT2D eigenvalue weighted by molar-refractivity contribution is 7.16. The molecule has 0 aliphatic heterocycles. The van der Waals surface area contributed by atoms with Gasteiger partial charge in [-0.05, 0) is 19.1 Å². The van der Waals surface area contributed by atoms with Crippen molar-refractivity contribution >= 4 is 16.3 Å². The molecule has 0 amide bonds. The number of hydrogen-bond acceptors (Lipinski definition) is 5. The van der Waals surface area contributed by atoms with Gasteiger partial charge in [0.05, 0.1) is 6.04 Å². The van der Waals surface area contributed by atoms with Crippen LogP contribution in [0, 0.1) is 5.82 Å². The third-order valence-electron chi connectivity index (χ3n) is 2.48. The summed E-state index contributed by atoms with van der Waals surface area (Å²) in [5, 5.41) is 13.2. The van der Waals surface area contributed by atoms with E-state index in [4.69, 9.17) is 5.73 Å². The van der Waals surface area contributed by atoms with E-state index in [0.717, 1.165) is 5.01 Å². The molecule has 1 atom stereocenters. The predicted molar refractivity (Wildman–Crippen MR) is 66.7 cm³/mol. The Hall–Kier alpha value is -1.86. The third kappa shape index (κ3) is 1.77. The fourth-order valence-electron chi connectivity index (χ4n) is 1.62. The summed E-state index contributed by atoms with van der Waals surface area (Å²) in [5.41, 5.74) is 6.42. The molecule has 3 aromatic rings. The number of aromatic nitrogens is 4. The molecular formula is C11H10FN5S. The quantitative estimate of drug-likeness (QED) is 0.768. The second kappa shape index (κ2) is 4.11. The van der Waals surface area contributed by atoms with Crippen molar-refractivity contribution in [3.63, 3.8) is 0 Å². The van der Waals surface area contributed by atoms with Crippen LogP contribution in [-0.2, 0) is 0 Å². The fraction of sp³-hybridized carbons (Fsp3) is 0.182. The predicted octanol–water partition coefficient (Wildman–Crippen LogP) is 2.01. The van der Waals surface area contributed by atoms with Gasteiger partial charge in [-0.15, -0.1) is 10.2 Å². The van der Waals surface area contributed by atoms with Crippen molar-refractivity contribution in [1.82, 2.24) is 19.8 Å². The molecule has 2 aromatic heterocycles. The zero-order chi connectivity index (χ0) is 12.7. The van der Waals surface area contributed by atoms with Crippen molar-refractivity contribution < 1.29 is 4.39 Å². The molecule has 0 aliphatic carbocycles. The first-order chi connectivity index (χ1) is 8.65. The Balaban J connectivity index is 2.17. The van der Waals surface area contributed by atoms with Crippen LogP contribution >= 0.6 is 11.3 Å². The van der Waals surface area contributed by atoms with Gasteiger partial charge in [-0.3, -0.25) is 0 Å². The van der Waals surface area contributed by atoms with E-state index in [-0.39, 0.29) is 11.9 Å². The minimum atomic E-state index is -0.313. The smallest absolute Gasteiger partial charge is 0.235 e. The van der Waals surface area contributed by atoms with Gasteiger partial charge in [0.2, 0.25) is 4.96 Å². The van der Waals surface area contributed by atoms with Gasteiger partial charge in [-0.25, -0.2) is 4.39 Å². The maximum atomic E-state index is 13.2. The summed E-state index contributed by atoms with van der Waals surface area (Å²) in [6.07, 6.45) is 0. The molecule has 3 rings (SSSR count). The van der Waals surface area contributed by atoms with Crippen LogP contribution in [-0.4, -0.2) is 19.8 Å². The van der Waals surface area contributed by atoms with Crippen LogP contribution in [0.3, 0.4) is 0 Å². The maximum Gasteiger partial charge on any atom is 0.235 e. The zero-order valence-electron chi connectivity index (χ0n) is 9.54. The molecule has 5 nitrogen and oxygen atoms in total. The van der Waals surface area contributed by atoms with E-state index in [9.17, 15) is 4.39 Å². The minimum absolute atomic E-state index is 0.156. The van der Waals surface area contributed by atoms with Crippen LogP contribution in [0.25, 0.3) is 16.3 Å². The fourth-order valence-corrected chi connectivity index (χ4v) is 2.41. The maximum absolute atomic E-state index is 13.2. The summed E-state index contributed by atoms with van der Waals surface area (Å²) in [4.78, 5) is 0.654. The second-order valence-electron chi connectivity index (χ2n) is 3.96. The highest BCUT2D eigenvalue weighted by atomic mass is 32.1. The van der Waals surface area contributed by atoms with Gasteiger partial charge in [0, 0.05) is 5.56 Å². The topological polar surface area (TPSA) is 69.1 Å². The highest BCUT2D eigenvalue weighted by Gasteiger charge is 2.15. The lowest BCUT2D eigenvalue weighted by atomic mass is 10.2. The van der Waals surface area contributed by atoms with E-state index in [2.05, 4.69) is 15.3 Å². The Morgan fingerprint density at radius 1 is 1.39 bits per heavy atom. The molecule has 0 spiro atoms. The Morgan fingerprint density at radius 3 is 2.94 bits per heavy atom. The zero-order valence-corrected chi connectivity index (χ0v) is 10.4. The summed E-state index contributed by atoms with van der Waals surface area (Å²) in [7, 11) is 0. The molecule has 18 heavy (non-hydrogen) atoms. The normalized spacial score (nSPS) is 13.1. The van der Waals surface area contributed by atoms with Crippen molar-refractivity contribution in [1.29, 1.82) is 0 Å². The van der Waals surface area contributed by atoms with Crippen molar-refractivity contribution in [2.24, 2.45) is 5.73 Å². The van der Waals surface area contributed by atoms with Gasteiger partial charge < -0.3 is 5.73 Å². The summed E-state index contributed by atoms with van der Waals surface area (Å²) in [5.74, 6) is 0.208. The van der Waals surface area contributed by atoms with Gasteiger partial charge in [-0.1, -0.05) is 23.5 Å². The molecule has 2 N–H and O–H groups in total. The molecule has 0 bridgehead atoms. The van der Waals surface area contributed by atoms with Crippen LogP contribution in [0.2, 0.25) is 0 Å². The lowest BCUT2D eigenvalue weighted by Gasteiger charge is -1.98. The lowest BCUT2D eigenvalue weighted by molar-refractivity contribution is 0.628. The lowest BCUT2D eigenvalue weighted by Crippen LogP contribution is -2.05. The SMILES string of the molecule is CC(N)c1nn2c(-c3cccc(F)c3)nnc2s1. The van der Waals surface area contributed by atoms with Gasteiger partial charge in [0.15, 0.2) is 5.82 Å². The Morgan fingerprint density at radius 2 is 2.22 bits per heavy atom. The summed E-state index contributed by atoms with van der Waals surface area (Å²) < 4.78 is 14.8. The molecule has 0 radical (unpaired) electrons. The number of fused-ring (bicyclic) bond motifs is 1. The Labute approximate surface area is 106 Å². The average Bonchev–Trinajstić information content (AvgIpc) is 2.87. The van der Waals surface area contributed by atoms with Crippen LogP contribution in [0.4, 0.5) is 4.39 Å². The molecular weight excluding hydrogens is 253 g/mol. The van der Waals surface area contributed by atoms with Crippen molar-refractivity contribution in [3.8, 4) is 11.4 Å². The number of halogens is 1. The van der Waals surface area contributed by atoms with Crippen LogP contribution in [0.15, 0.2) is 24.3 Å². The molecule has 0 fully saturated rings.